The maximum atomic E-state index is 12.5. The molecular weight excluding hydrogens is 231 g/mol. The number of halogens is 3. The van der Waals surface area contributed by atoms with Crippen LogP contribution in [0.2, 0.25) is 0 Å². The first-order valence-electron chi connectivity index (χ1n) is 6.23. The van der Waals surface area contributed by atoms with E-state index in [0.717, 1.165) is 6.54 Å². The highest BCUT2D eigenvalue weighted by molar-refractivity contribution is 4.89. The van der Waals surface area contributed by atoms with Crippen LogP contribution in [0.4, 0.5) is 13.2 Å². The van der Waals surface area contributed by atoms with Crippen molar-refractivity contribution in [3.63, 3.8) is 0 Å². The fraction of sp³-hybridized carbons (Fsp3) is 1.00. The predicted octanol–water partition coefficient (Wildman–Crippen LogP) is 2.72. The lowest BCUT2D eigenvalue weighted by Gasteiger charge is -2.37. The Morgan fingerprint density at radius 3 is 2.24 bits per heavy atom. The van der Waals surface area contributed by atoms with Gasteiger partial charge in [-0.15, -0.1) is 0 Å². The van der Waals surface area contributed by atoms with Gasteiger partial charge in [0.05, 0.1) is 11.5 Å². The van der Waals surface area contributed by atoms with Gasteiger partial charge in [-0.05, 0) is 38.1 Å². The minimum absolute atomic E-state index is 0.0450. The number of rotatable bonds is 4. The van der Waals surface area contributed by atoms with Crippen molar-refractivity contribution in [1.82, 2.24) is 5.32 Å². The van der Waals surface area contributed by atoms with Crippen LogP contribution >= 0.6 is 0 Å². The zero-order valence-corrected chi connectivity index (χ0v) is 10.5. The molecule has 0 spiro atoms. The van der Waals surface area contributed by atoms with E-state index in [1.165, 1.54) is 0 Å². The summed E-state index contributed by atoms with van der Waals surface area (Å²) in [6.45, 7) is 5.29. The molecule has 1 aliphatic carbocycles. The summed E-state index contributed by atoms with van der Waals surface area (Å²) in [5.74, 6) is -0.752. The van der Waals surface area contributed by atoms with Crippen LogP contribution in [0.25, 0.3) is 0 Å². The van der Waals surface area contributed by atoms with Crippen molar-refractivity contribution in [2.75, 3.05) is 13.1 Å². The molecule has 0 heterocycles. The monoisotopic (exact) mass is 253 g/mol. The van der Waals surface area contributed by atoms with E-state index in [4.69, 9.17) is 0 Å². The highest BCUT2D eigenvalue weighted by Gasteiger charge is 2.44. The third-order valence-corrected chi connectivity index (χ3v) is 3.39. The maximum Gasteiger partial charge on any atom is 0.391 e. The number of hydrogen-bond acceptors (Lipinski definition) is 2. The van der Waals surface area contributed by atoms with Crippen LogP contribution in [-0.4, -0.2) is 30.0 Å². The Kier molecular flexibility index (Phi) is 4.84. The second-order valence-corrected chi connectivity index (χ2v) is 5.56. The molecule has 0 aromatic heterocycles. The molecule has 5 heteroatoms. The van der Waals surface area contributed by atoms with Crippen molar-refractivity contribution in [2.24, 2.45) is 11.8 Å². The highest BCUT2D eigenvalue weighted by atomic mass is 19.4. The van der Waals surface area contributed by atoms with Gasteiger partial charge in [0.1, 0.15) is 0 Å². The Hall–Kier alpha value is -0.290. The first-order chi connectivity index (χ1) is 7.73. The average Bonchev–Trinajstić information content (AvgIpc) is 2.15. The largest absolute Gasteiger partial charge is 0.391 e. The smallest absolute Gasteiger partial charge is 0.389 e. The van der Waals surface area contributed by atoms with Crippen molar-refractivity contribution in [3.05, 3.63) is 0 Å². The topological polar surface area (TPSA) is 32.3 Å². The second-order valence-electron chi connectivity index (χ2n) is 5.56. The molecule has 1 aliphatic rings. The molecule has 0 radical (unpaired) electrons. The van der Waals surface area contributed by atoms with E-state index in [9.17, 15) is 18.3 Å². The Labute approximate surface area is 101 Å². The Balaban J connectivity index is 2.34. The molecule has 1 fully saturated rings. The molecule has 0 unspecified atom stereocenters. The van der Waals surface area contributed by atoms with Crippen molar-refractivity contribution in [3.8, 4) is 0 Å². The molecule has 0 bridgehead atoms. The minimum atomic E-state index is -4.10. The third-order valence-electron chi connectivity index (χ3n) is 3.39. The summed E-state index contributed by atoms with van der Waals surface area (Å²) in [5, 5.41) is 13.3. The lowest BCUT2D eigenvalue weighted by atomic mass is 9.78. The van der Waals surface area contributed by atoms with E-state index in [1.54, 1.807) is 0 Å². The summed E-state index contributed by atoms with van der Waals surface area (Å²) >= 11 is 0. The van der Waals surface area contributed by atoms with Crippen LogP contribution in [-0.2, 0) is 0 Å². The summed E-state index contributed by atoms with van der Waals surface area (Å²) in [5.41, 5.74) is -0.948. The van der Waals surface area contributed by atoms with E-state index >= 15 is 0 Å². The quantitative estimate of drug-likeness (QED) is 0.807. The summed E-state index contributed by atoms with van der Waals surface area (Å²) in [6.07, 6.45) is -3.54. The van der Waals surface area contributed by atoms with Gasteiger partial charge in [0.25, 0.3) is 0 Å². The van der Waals surface area contributed by atoms with Crippen LogP contribution in [0.5, 0.6) is 0 Å². The first kappa shape index (κ1) is 14.8. The van der Waals surface area contributed by atoms with Gasteiger partial charge in [-0.2, -0.15) is 13.2 Å². The molecule has 17 heavy (non-hydrogen) atoms. The van der Waals surface area contributed by atoms with Gasteiger partial charge in [0.2, 0.25) is 0 Å². The molecule has 0 amide bonds. The number of nitrogens with one attached hydrogen (secondary N) is 1. The highest BCUT2D eigenvalue weighted by Crippen LogP contribution is 2.40. The number of aliphatic hydroxyl groups is 1. The molecule has 1 rings (SSSR count). The number of hydrogen-bond donors (Lipinski definition) is 2. The van der Waals surface area contributed by atoms with Crippen LogP contribution < -0.4 is 5.32 Å². The Morgan fingerprint density at radius 2 is 1.82 bits per heavy atom. The Morgan fingerprint density at radius 1 is 1.29 bits per heavy atom. The van der Waals surface area contributed by atoms with Gasteiger partial charge in [-0.1, -0.05) is 13.8 Å². The van der Waals surface area contributed by atoms with E-state index < -0.39 is 17.7 Å². The van der Waals surface area contributed by atoms with Gasteiger partial charge in [-0.25, -0.2) is 0 Å². The summed E-state index contributed by atoms with van der Waals surface area (Å²) < 4.78 is 37.4. The van der Waals surface area contributed by atoms with E-state index in [0.29, 0.717) is 12.5 Å². The normalized spacial score (nSPS) is 30.9. The van der Waals surface area contributed by atoms with Gasteiger partial charge in [-0.3, -0.25) is 0 Å². The van der Waals surface area contributed by atoms with Gasteiger partial charge in [0.15, 0.2) is 0 Å². The molecule has 0 aliphatic heterocycles. The molecule has 2 nitrogen and oxygen atoms in total. The van der Waals surface area contributed by atoms with Crippen LogP contribution in [0, 0.1) is 11.8 Å². The molecule has 0 atom stereocenters. The fourth-order valence-electron chi connectivity index (χ4n) is 2.25. The van der Waals surface area contributed by atoms with Crippen molar-refractivity contribution >= 4 is 0 Å². The lowest BCUT2D eigenvalue weighted by molar-refractivity contribution is -0.191. The van der Waals surface area contributed by atoms with Crippen LogP contribution in [0.3, 0.4) is 0 Å². The summed E-state index contributed by atoms with van der Waals surface area (Å²) in [7, 11) is 0. The van der Waals surface area contributed by atoms with Gasteiger partial charge < -0.3 is 10.4 Å². The van der Waals surface area contributed by atoms with Crippen LogP contribution in [0.1, 0.15) is 39.5 Å². The predicted molar refractivity (Wildman–Crippen MR) is 60.7 cm³/mol. The lowest BCUT2D eigenvalue weighted by Crippen LogP contribution is -2.46. The molecule has 102 valence electrons. The molecule has 0 aromatic rings. The van der Waals surface area contributed by atoms with Crippen molar-refractivity contribution < 1.29 is 18.3 Å². The zero-order chi connectivity index (χ0) is 13.1. The summed E-state index contributed by atoms with van der Waals surface area (Å²) in [6, 6.07) is 0. The second kappa shape index (κ2) is 5.57. The SMILES string of the molecule is CC(C)CNCC1(O)CCC(C(F)(F)F)CC1. The molecule has 1 saturated carbocycles. The average molecular weight is 253 g/mol. The van der Waals surface area contributed by atoms with Crippen LogP contribution in [0.15, 0.2) is 0 Å². The Bertz CT molecular complexity index is 232. The van der Waals surface area contributed by atoms with Crippen molar-refractivity contribution in [2.45, 2.75) is 51.3 Å². The van der Waals surface area contributed by atoms with Crippen molar-refractivity contribution in [1.29, 1.82) is 0 Å². The zero-order valence-electron chi connectivity index (χ0n) is 10.5. The molecular formula is C12H22F3NO. The maximum absolute atomic E-state index is 12.5. The van der Waals surface area contributed by atoms with E-state index in [-0.39, 0.29) is 25.7 Å². The van der Waals surface area contributed by atoms with E-state index in [2.05, 4.69) is 19.2 Å². The minimum Gasteiger partial charge on any atom is -0.389 e. The molecule has 0 aromatic carbocycles. The molecule has 2 N–H and O–H groups in total. The first-order valence-corrected chi connectivity index (χ1v) is 6.23. The standard InChI is InChI=1S/C12H22F3NO/c1-9(2)7-16-8-11(17)5-3-10(4-6-11)12(13,14)15/h9-10,16-17H,3-8H2,1-2H3. The van der Waals surface area contributed by atoms with Gasteiger partial charge in [0, 0.05) is 6.54 Å². The van der Waals surface area contributed by atoms with Gasteiger partial charge >= 0.3 is 6.18 Å². The summed E-state index contributed by atoms with van der Waals surface area (Å²) in [4.78, 5) is 0. The number of alkyl halides is 3. The third kappa shape index (κ3) is 4.84. The fourth-order valence-corrected chi connectivity index (χ4v) is 2.25. The molecule has 0 saturated heterocycles. The van der Waals surface area contributed by atoms with E-state index in [1.807, 2.05) is 0 Å².